The quantitative estimate of drug-likeness (QED) is 0.558. The Morgan fingerprint density at radius 3 is 2.63 bits per heavy atom. The van der Waals surface area contributed by atoms with E-state index in [4.69, 9.17) is 16.3 Å². The molecule has 2 fully saturated rings. The fraction of sp³-hybridized carbons (Fsp3) is 0.556. The molecule has 1 aromatic heterocycles. The van der Waals surface area contributed by atoms with Crippen molar-refractivity contribution in [2.75, 3.05) is 18.5 Å². The first kappa shape index (κ1) is 18.8. The number of fused-ring (bicyclic) bond motifs is 1. The third kappa shape index (κ3) is 3.61. The first-order valence-electron chi connectivity index (χ1n) is 8.95. The van der Waals surface area contributed by atoms with E-state index in [9.17, 15) is 20.4 Å². The SMILES string of the molecule is [O]C[C@H]1O[C@@H](c2ccc3c(NCC4CC(O)C4)nc(Cl)nc3c2)[C@H](O)[C@@H]1O. The van der Waals surface area contributed by atoms with Gasteiger partial charge < -0.3 is 25.4 Å². The highest BCUT2D eigenvalue weighted by Gasteiger charge is 2.43. The monoisotopic (exact) mass is 394 g/mol. The van der Waals surface area contributed by atoms with Gasteiger partial charge in [0.2, 0.25) is 5.28 Å². The summed E-state index contributed by atoms with van der Waals surface area (Å²) in [5.41, 5.74) is 1.17. The van der Waals surface area contributed by atoms with E-state index in [-0.39, 0.29) is 11.4 Å². The Hall–Kier alpha value is -1.55. The molecule has 4 rings (SSSR count). The fourth-order valence-electron chi connectivity index (χ4n) is 3.70. The number of aromatic nitrogens is 2. The molecule has 27 heavy (non-hydrogen) atoms. The van der Waals surface area contributed by atoms with Crippen LogP contribution in [0.25, 0.3) is 10.9 Å². The Balaban J connectivity index is 1.59. The molecule has 1 aliphatic carbocycles. The minimum absolute atomic E-state index is 0.0844. The lowest BCUT2D eigenvalue weighted by atomic mass is 9.82. The van der Waals surface area contributed by atoms with Gasteiger partial charge in [0, 0.05) is 11.9 Å². The molecule has 0 unspecified atom stereocenters. The summed E-state index contributed by atoms with van der Waals surface area (Å²) >= 11 is 6.06. The topological polar surface area (TPSA) is 128 Å². The third-order valence-corrected chi connectivity index (χ3v) is 5.49. The van der Waals surface area contributed by atoms with E-state index >= 15 is 0 Å². The van der Waals surface area contributed by atoms with Crippen molar-refractivity contribution in [2.45, 2.75) is 43.4 Å². The molecule has 4 N–H and O–H groups in total. The summed E-state index contributed by atoms with van der Waals surface area (Å²) in [6, 6.07) is 5.27. The Morgan fingerprint density at radius 2 is 1.96 bits per heavy atom. The Labute approximate surface area is 160 Å². The number of hydrogen-bond acceptors (Lipinski definition) is 7. The van der Waals surface area contributed by atoms with Gasteiger partial charge in [-0.25, -0.2) is 15.1 Å². The molecule has 1 aliphatic heterocycles. The first-order valence-corrected chi connectivity index (χ1v) is 9.33. The lowest BCUT2D eigenvalue weighted by Crippen LogP contribution is -2.33. The summed E-state index contributed by atoms with van der Waals surface area (Å²) in [6.45, 7) is 0.0588. The summed E-state index contributed by atoms with van der Waals surface area (Å²) < 4.78 is 5.51. The predicted molar refractivity (Wildman–Crippen MR) is 96.9 cm³/mol. The normalized spacial score (nSPS) is 33.2. The molecule has 0 spiro atoms. The van der Waals surface area contributed by atoms with Crippen LogP contribution in [0.15, 0.2) is 18.2 Å². The first-order chi connectivity index (χ1) is 13.0. The molecule has 2 heterocycles. The number of nitrogens with one attached hydrogen (secondary N) is 1. The standard InChI is InChI=1S/C18H21ClN3O5/c19-18-21-12-5-9(16-15(26)14(25)13(7-23)27-16)1-2-11(12)17(22-18)20-6-8-3-10(24)4-8/h1-2,5,8,10,13-16,24-26H,3-4,6-7H2,(H,20,21,22)/t8?,10?,13-,14-,15-,16+/m1/s1. The third-order valence-electron chi connectivity index (χ3n) is 5.32. The zero-order chi connectivity index (χ0) is 19.1. The van der Waals surface area contributed by atoms with Gasteiger partial charge in [-0.3, -0.25) is 0 Å². The maximum atomic E-state index is 11.1. The van der Waals surface area contributed by atoms with E-state index in [2.05, 4.69) is 15.3 Å². The number of ether oxygens (including phenoxy) is 1. The van der Waals surface area contributed by atoms with Gasteiger partial charge in [0.25, 0.3) is 0 Å². The summed E-state index contributed by atoms with van der Waals surface area (Å²) in [5.74, 6) is 0.999. The van der Waals surface area contributed by atoms with Crippen molar-refractivity contribution in [3.8, 4) is 0 Å². The lowest BCUT2D eigenvalue weighted by Gasteiger charge is -2.31. The average molecular weight is 395 g/mol. The summed E-state index contributed by atoms with van der Waals surface area (Å²) in [6.07, 6.45) is -2.80. The van der Waals surface area contributed by atoms with E-state index in [1.807, 2.05) is 0 Å². The fourth-order valence-corrected chi connectivity index (χ4v) is 3.88. The van der Waals surface area contributed by atoms with Gasteiger partial charge in [0.15, 0.2) is 0 Å². The van der Waals surface area contributed by atoms with Crippen molar-refractivity contribution in [3.05, 3.63) is 29.0 Å². The number of aliphatic hydroxyl groups excluding tert-OH is 3. The second-order valence-electron chi connectivity index (χ2n) is 7.23. The van der Waals surface area contributed by atoms with Crippen LogP contribution in [0.2, 0.25) is 5.28 Å². The van der Waals surface area contributed by atoms with Gasteiger partial charge in [-0.2, -0.15) is 0 Å². The molecule has 1 radical (unpaired) electrons. The van der Waals surface area contributed by atoms with Crippen molar-refractivity contribution in [2.24, 2.45) is 5.92 Å². The average Bonchev–Trinajstić information content (AvgIpc) is 2.91. The molecule has 2 aliphatic rings. The summed E-state index contributed by atoms with van der Waals surface area (Å²) in [5, 5.41) is 44.7. The van der Waals surface area contributed by atoms with Crippen molar-refractivity contribution in [3.63, 3.8) is 0 Å². The number of anilines is 1. The van der Waals surface area contributed by atoms with Crippen molar-refractivity contribution >= 4 is 28.3 Å². The van der Waals surface area contributed by atoms with E-state index in [1.54, 1.807) is 18.2 Å². The molecule has 0 bridgehead atoms. The zero-order valence-electron chi connectivity index (χ0n) is 14.5. The molecule has 1 saturated heterocycles. The van der Waals surface area contributed by atoms with Gasteiger partial charge in [-0.05, 0) is 48.1 Å². The Morgan fingerprint density at radius 1 is 1.19 bits per heavy atom. The van der Waals surface area contributed by atoms with Gasteiger partial charge in [0.1, 0.15) is 36.8 Å². The summed E-state index contributed by atoms with van der Waals surface area (Å²) in [7, 11) is 0. The molecular formula is C18H21ClN3O5. The van der Waals surface area contributed by atoms with Crippen LogP contribution < -0.4 is 5.32 Å². The van der Waals surface area contributed by atoms with Crippen LogP contribution in [0.3, 0.4) is 0 Å². The second kappa shape index (κ2) is 7.46. The molecule has 2 aromatic rings. The number of hydrogen-bond donors (Lipinski definition) is 4. The van der Waals surface area contributed by atoms with Crippen molar-refractivity contribution in [1.82, 2.24) is 9.97 Å². The van der Waals surface area contributed by atoms with Crippen LogP contribution in [-0.2, 0) is 9.84 Å². The van der Waals surface area contributed by atoms with Crippen LogP contribution >= 0.6 is 11.6 Å². The molecular weight excluding hydrogens is 374 g/mol. The number of halogens is 1. The highest BCUT2D eigenvalue weighted by Crippen LogP contribution is 2.36. The molecule has 9 heteroatoms. The maximum absolute atomic E-state index is 11.1. The molecule has 145 valence electrons. The number of aliphatic hydroxyl groups is 3. The van der Waals surface area contributed by atoms with Gasteiger partial charge in [-0.1, -0.05) is 6.07 Å². The minimum Gasteiger partial charge on any atom is -0.393 e. The molecule has 8 nitrogen and oxygen atoms in total. The molecule has 0 amide bonds. The van der Waals surface area contributed by atoms with E-state index in [1.165, 1.54) is 0 Å². The second-order valence-corrected chi connectivity index (χ2v) is 7.57. The van der Waals surface area contributed by atoms with Gasteiger partial charge in [0.05, 0.1) is 11.6 Å². The highest BCUT2D eigenvalue weighted by molar-refractivity contribution is 6.28. The van der Waals surface area contributed by atoms with E-state index in [0.717, 1.165) is 18.2 Å². The maximum Gasteiger partial charge on any atom is 0.224 e. The van der Waals surface area contributed by atoms with Gasteiger partial charge >= 0.3 is 0 Å². The van der Waals surface area contributed by atoms with Crippen molar-refractivity contribution in [1.29, 1.82) is 0 Å². The number of rotatable bonds is 5. The smallest absolute Gasteiger partial charge is 0.224 e. The van der Waals surface area contributed by atoms with Crippen LogP contribution in [0.4, 0.5) is 5.82 Å². The lowest BCUT2D eigenvalue weighted by molar-refractivity contribution is -0.0398. The zero-order valence-corrected chi connectivity index (χ0v) is 15.2. The molecule has 1 saturated carbocycles. The number of benzene rings is 1. The Kier molecular flexibility index (Phi) is 5.19. The van der Waals surface area contributed by atoms with Crippen LogP contribution in [0, 0.1) is 5.92 Å². The minimum atomic E-state index is -1.22. The molecule has 4 atom stereocenters. The Bertz CT molecular complexity index is 832. The van der Waals surface area contributed by atoms with Crippen LogP contribution in [-0.4, -0.2) is 62.9 Å². The van der Waals surface area contributed by atoms with Crippen molar-refractivity contribution < 1.29 is 25.2 Å². The van der Waals surface area contributed by atoms with E-state index in [0.29, 0.717) is 29.4 Å². The summed E-state index contributed by atoms with van der Waals surface area (Å²) in [4.78, 5) is 8.49. The molecule has 1 aromatic carbocycles. The van der Waals surface area contributed by atoms with Gasteiger partial charge in [-0.15, -0.1) is 0 Å². The highest BCUT2D eigenvalue weighted by atomic mass is 35.5. The largest absolute Gasteiger partial charge is 0.393 e. The van der Waals surface area contributed by atoms with E-state index < -0.39 is 31.0 Å². The number of nitrogens with zero attached hydrogens (tertiary/aromatic N) is 2. The predicted octanol–water partition coefficient (Wildman–Crippen LogP) is 1.06. The van der Waals surface area contributed by atoms with Crippen LogP contribution in [0.1, 0.15) is 24.5 Å². The van der Waals surface area contributed by atoms with Crippen LogP contribution in [0.5, 0.6) is 0 Å².